The van der Waals surface area contributed by atoms with E-state index in [9.17, 15) is 13.2 Å². The van der Waals surface area contributed by atoms with Crippen molar-refractivity contribution in [2.75, 3.05) is 0 Å². The Labute approximate surface area is 182 Å². The number of aromatic amines is 1. The summed E-state index contributed by atoms with van der Waals surface area (Å²) in [5.41, 5.74) is 4.20. The lowest BCUT2D eigenvalue weighted by Gasteiger charge is -2.10. The van der Waals surface area contributed by atoms with Crippen LogP contribution >= 0.6 is 0 Å². The van der Waals surface area contributed by atoms with E-state index in [4.69, 9.17) is 10.4 Å². The van der Waals surface area contributed by atoms with Crippen molar-refractivity contribution in [1.82, 2.24) is 20.2 Å². The van der Waals surface area contributed by atoms with Crippen LogP contribution in [0.3, 0.4) is 0 Å². The second-order valence-electron chi connectivity index (χ2n) is 7.08. The number of hydrogen-bond donors (Lipinski definition) is 2. The monoisotopic (exact) mass is 433 g/mol. The molecule has 2 N–H and O–H groups in total. The zero-order valence-electron chi connectivity index (χ0n) is 17.0. The minimum atomic E-state index is -4.69. The maximum absolute atomic E-state index is 12.6. The van der Waals surface area contributed by atoms with E-state index in [2.05, 4.69) is 15.2 Å². The molecule has 0 saturated carbocycles. The fourth-order valence-electron chi connectivity index (χ4n) is 3.16. The second kappa shape index (κ2) is 8.58. The fraction of sp³-hybridized carbons (Fsp3) is 0.0833. The molecule has 1 aromatic carbocycles. The zero-order valence-corrected chi connectivity index (χ0v) is 17.0. The van der Waals surface area contributed by atoms with Crippen LogP contribution in [0.15, 0.2) is 72.8 Å². The van der Waals surface area contributed by atoms with Gasteiger partial charge in [0.2, 0.25) is 0 Å². The van der Waals surface area contributed by atoms with Crippen LogP contribution in [0.1, 0.15) is 11.4 Å². The molecule has 8 heteroatoms. The van der Waals surface area contributed by atoms with Gasteiger partial charge < -0.3 is 0 Å². The summed E-state index contributed by atoms with van der Waals surface area (Å²) in [4.78, 5) is 9.22. The molecule has 0 bridgehead atoms. The molecule has 3 heterocycles. The van der Waals surface area contributed by atoms with Gasteiger partial charge in [0.25, 0.3) is 0 Å². The number of alkyl halides is 3. The van der Waals surface area contributed by atoms with Crippen molar-refractivity contribution < 1.29 is 13.2 Å². The third-order valence-electron chi connectivity index (χ3n) is 4.69. The summed E-state index contributed by atoms with van der Waals surface area (Å²) in [6.07, 6.45) is -2.81. The molecule has 160 valence electrons. The lowest BCUT2D eigenvalue weighted by Crippen LogP contribution is -2.19. The molecular weight excluding hydrogens is 415 g/mol. The summed E-state index contributed by atoms with van der Waals surface area (Å²) in [5, 5.41) is 14.3. The Morgan fingerprint density at radius 3 is 2.09 bits per heavy atom. The SMILES string of the molecule is Cc1cc(-c2cccc(-c3ccccc3-c3cccc(/C=C/C(=N)C(F)(F)F)n3)n2)n[nH]1. The van der Waals surface area contributed by atoms with E-state index in [1.165, 1.54) is 6.08 Å². The zero-order chi connectivity index (χ0) is 22.7. The minimum Gasteiger partial charge on any atom is -0.296 e. The maximum atomic E-state index is 12.6. The smallest absolute Gasteiger partial charge is 0.296 e. The van der Waals surface area contributed by atoms with Crippen molar-refractivity contribution in [3.05, 3.63) is 84.2 Å². The first-order valence-corrected chi connectivity index (χ1v) is 9.71. The number of halogens is 3. The highest BCUT2D eigenvalue weighted by molar-refractivity contribution is 5.99. The first-order chi connectivity index (χ1) is 15.3. The number of nitrogens with zero attached hydrogens (tertiary/aromatic N) is 3. The van der Waals surface area contributed by atoms with Gasteiger partial charge in [0.05, 0.1) is 22.8 Å². The predicted molar refractivity (Wildman–Crippen MR) is 118 cm³/mol. The number of nitrogens with one attached hydrogen (secondary N) is 2. The van der Waals surface area contributed by atoms with Gasteiger partial charge in [0.1, 0.15) is 11.4 Å². The molecule has 0 saturated heterocycles. The van der Waals surface area contributed by atoms with Crippen molar-refractivity contribution in [3.8, 4) is 33.9 Å². The summed E-state index contributed by atoms with van der Waals surface area (Å²) < 4.78 is 37.8. The topological polar surface area (TPSA) is 78.3 Å². The third kappa shape index (κ3) is 4.64. The quantitative estimate of drug-likeness (QED) is 0.373. The van der Waals surface area contributed by atoms with Crippen LogP contribution in [0.2, 0.25) is 0 Å². The molecule has 4 rings (SSSR count). The molecule has 0 aliphatic rings. The Morgan fingerprint density at radius 2 is 1.47 bits per heavy atom. The van der Waals surface area contributed by atoms with Crippen molar-refractivity contribution >= 4 is 11.8 Å². The highest BCUT2D eigenvalue weighted by atomic mass is 19.4. The van der Waals surface area contributed by atoms with E-state index in [1.807, 2.05) is 55.5 Å². The van der Waals surface area contributed by atoms with Crippen LogP contribution in [-0.4, -0.2) is 32.1 Å². The largest absolute Gasteiger partial charge is 0.432 e. The summed E-state index contributed by atoms with van der Waals surface area (Å²) in [6.45, 7) is 1.92. The van der Waals surface area contributed by atoms with Crippen LogP contribution in [-0.2, 0) is 0 Å². The molecule has 0 amide bonds. The van der Waals surface area contributed by atoms with Gasteiger partial charge in [0.15, 0.2) is 0 Å². The molecule has 0 radical (unpaired) electrons. The highest BCUT2D eigenvalue weighted by Crippen LogP contribution is 2.31. The Hall–Kier alpha value is -4.07. The Morgan fingerprint density at radius 1 is 0.844 bits per heavy atom. The van der Waals surface area contributed by atoms with E-state index in [0.717, 1.165) is 33.9 Å². The van der Waals surface area contributed by atoms with E-state index < -0.39 is 11.9 Å². The number of hydrogen-bond acceptors (Lipinski definition) is 4. The summed E-state index contributed by atoms with van der Waals surface area (Å²) >= 11 is 0. The first-order valence-electron chi connectivity index (χ1n) is 9.71. The maximum Gasteiger partial charge on any atom is 0.432 e. The lowest BCUT2D eigenvalue weighted by molar-refractivity contribution is -0.0583. The van der Waals surface area contributed by atoms with Crippen molar-refractivity contribution in [1.29, 1.82) is 5.41 Å². The molecular formula is C24H18F3N5. The third-order valence-corrected chi connectivity index (χ3v) is 4.69. The molecule has 0 fully saturated rings. The van der Waals surface area contributed by atoms with Gasteiger partial charge in [0, 0.05) is 16.8 Å². The molecule has 0 aliphatic carbocycles. The number of pyridine rings is 2. The number of rotatable bonds is 5. The predicted octanol–water partition coefficient (Wildman–Crippen LogP) is 6.10. The van der Waals surface area contributed by atoms with Crippen molar-refractivity contribution in [3.63, 3.8) is 0 Å². The lowest BCUT2D eigenvalue weighted by atomic mass is 10.00. The van der Waals surface area contributed by atoms with E-state index >= 15 is 0 Å². The number of H-pyrrole nitrogens is 1. The minimum absolute atomic E-state index is 0.319. The highest BCUT2D eigenvalue weighted by Gasteiger charge is 2.32. The summed E-state index contributed by atoms with van der Waals surface area (Å²) in [7, 11) is 0. The fourth-order valence-corrected chi connectivity index (χ4v) is 3.16. The van der Waals surface area contributed by atoms with Gasteiger partial charge >= 0.3 is 6.18 Å². The first kappa shape index (κ1) is 21.2. The molecule has 5 nitrogen and oxygen atoms in total. The van der Waals surface area contributed by atoms with E-state index in [-0.39, 0.29) is 0 Å². The van der Waals surface area contributed by atoms with E-state index in [1.54, 1.807) is 18.2 Å². The molecule has 32 heavy (non-hydrogen) atoms. The average Bonchev–Trinajstić information content (AvgIpc) is 3.23. The van der Waals surface area contributed by atoms with Crippen LogP contribution in [0.25, 0.3) is 40.0 Å². The Bertz CT molecular complexity index is 1300. The average molecular weight is 433 g/mol. The van der Waals surface area contributed by atoms with Gasteiger partial charge in [-0.15, -0.1) is 0 Å². The molecule has 3 aromatic heterocycles. The molecule has 0 aliphatic heterocycles. The summed E-state index contributed by atoms with van der Waals surface area (Å²) in [5.74, 6) is 0. The van der Waals surface area contributed by atoms with Crippen LogP contribution < -0.4 is 0 Å². The number of aromatic nitrogens is 4. The summed E-state index contributed by atoms with van der Waals surface area (Å²) in [6, 6.07) is 20.2. The van der Waals surface area contributed by atoms with Gasteiger partial charge in [-0.05, 0) is 49.4 Å². The van der Waals surface area contributed by atoms with Crippen LogP contribution in [0, 0.1) is 12.3 Å². The van der Waals surface area contributed by atoms with E-state index in [0.29, 0.717) is 17.5 Å². The van der Waals surface area contributed by atoms with Gasteiger partial charge in [-0.25, -0.2) is 9.97 Å². The standard InChI is InChI=1S/C24H18F3N5/c1-15-14-22(32-31-15)21-11-5-10-20(30-21)18-8-3-2-7-17(18)19-9-4-6-16(29-19)12-13-23(28)24(25,26)27/h2-14,28H,1H3,(H,31,32)/b13-12+,28-23?. The van der Waals surface area contributed by atoms with Gasteiger partial charge in [-0.1, -0.05) is 36.4 Å². The van der Waals surface area contributed by atoms with Crippen molar-refractivity contribution in [2.24, 2.45) is 0 Å². The number of benzene rings is 1. The Kier molecular flexibility index (Phi) is 5.68. The Balaban J connectivity index is 1.71. The number of allylic oxidation sites excluding steroid dienone is 1. The van der Waals surface area contributed by atoms with Crippen molar-refractivity contribution in [2.45, 2.75) is 13.1 Å². The molecule has 0 unspecified atom stereocenters. The van der Waals surface area contributed by atoms with Gasteiger partial charge in [-0.3, -0.25) is 10.5 Å². The second-order valence-corrected chi connectivity index (χ2v) is 7.08. The molecule has 0 spiro atoms. The normalized spacial score (nSPS) is 11.8. The molecule has 4 aromatic rings. The van der Waals surface area contributed by atoms with Crippen LogP contribution in [0.5, 0.6) is 0 Å². The van der Waals surface area contributed by atoms with Crippen LogP contribution in [0.4, 0.5) is 13.2 Å². The van der Waals surface area contributed by atoms with Gasteiger partial charge in [-0.2, -0.15) is 18.3 Å². The molecule has 0 atom stereocenters. The number of aryl methyl sites for hydroxylation is 1.